The Kier molecular flexibility index (Phi) is 3.55. The van der Waals surface area contributed by atoms with E-state index in [4.69, 9.17) is 4.98 Å². The number of benzene rings is 2. The van der Waals surface area contributed by atoms with E-state index in [9.17, 15) is 0 Å². The highest BCUT2D eigenvalue weighted by molar-refractivity contribution is 5.75. The molecule has 0 bridgehead atoms. The number of H-pyrrole nitrogens is 1. The molecular weight excluding hydrogens is 244 g/mol. The summed E-state index contributed by atoms with van der Waals surface area (Å²) in [4.78, 5) is 8.30. The Morgan fingerprint density at radius 3 is 2.40 bits per heavy atom. The molecule has 1 heterocycles. The summed E-state index contributed by atoms with van der Waals surface area (Å²) in [5.74, 6) is 1.96. The van der Waals surface area contributed by atoms with E-state index in [-0.39, 0.29) is 0 Å². The lowest BCUT2D eigenvalue weighted by atomic mass is 9.85. The van der Waals surface area contributed by atoms with Crippen LogP contribution in [0, 0.1) is 5.92 Å². The van der Waals surface area contributed by atoms with Crippen LogP contribution in [0.2, 0.25) is 0 Å². The molecule has 0 amide bonds. The zero-order chi connectivity index (χ0) is 13.9. The summed E-state index contributed by atoms with van der Waals surface area (Å²) >= 11 is 0. The molecule has 0 aliphatic rings. The molecule has 3 aromatic rings. The van der Waals surface area contributed by atoms with Crippen LogP contribution >= 0.6 is 0 Å². The minimum Gasteiger partial charge on any atom is -0.341 e. The van der Waals surface area contributed by atoms with E-state index in [1.54, 1.807) is 0 Å². The Hall–Kier alpha value is -2.09. The van der Waals surface area contributed by atoms with Gasteiger partial charge in [-0.25, -0.2) is 4.98 Å². The summed E-state index contributed by atoms with van der Waals surface area (Å²) < 4.78 is 0. The molecule has 0 radical (unpaired) electrons. The molecule has 2 nitrogen and oxygen atoms in total. The molecule has 2 aromatic carbocycles. The highest BCUT2D eigenvalue weighted by Crippen LogP contribution is 2.32. The normalized spacial score (nSPS) is 14.3. The maximum absolute atomic E-state index is 4.80. The number of imidazole rings is 1. The maximum atomic E-state index is 4.80. The van der Waals surface area contributed by atoms with Crippen LogP contribution < -0.4 is 0 Å². The predicted molar refractivity (Wildman–Crippen MR) is 83.8 cm³/mol. The van der Waals surface area contributed by atoms with Gasteiger partial charge in [-0.05, 0) is 23.6 Å². The highest BCUT2D eigenvalue weighted by atomic mass is 14.9. The molecule has 0 aliphatic heterocycles. The van der Waals surface area contributed by atoms with Crippen LogP contribution in [0.5, 0.6) is 0 Å². The highest BCUT2D eigenvalue weighted by Gasteiger charge is 2.23. The Morgan fingerprint density at radius 1 is 1.00 bits per heavy atom. The second kappa shape index (κ2) is 5.49. The fraction of sp³-hybridized carbons (Fsp3) is 0.278. The second-order valence-corrected chi connectivity index (χ2v) is 5.41. The van der Waals surface area contributed by atoms with E-state index in [1.807, 2.05) is 12.1 Å². The standard InChI is InChI=1S/C18H20N2/c1-3-13(2)17(14-9-5-4-6-10-14)18-19-15-11-7-8-12-16(15)20-18/h4-13,17H,3H2,1-2H3,(H,19,20). The molecule has 3 rings (SSSR count). The van der Waals surface area contributed by atoms with Gasteiger partial charge in [-0.3, -0.25) is 0 Å². The Labute approximate surface area is 119 Å². The topological polar surface area (TPSA) is 28.7 Å². The van der Waals surface area contributed by atoms with Gasteiger partial charge in [0.15, 0.2) is 0 Å². The summed E-state index contributed by atoms with van der Waals surface area (Å²) in [5.41, 5.74) is 3.50. The van der Waals surface area contributed by atoms with Gasteiger partial charge in [0.2, 0.25) is 0 Å². The molecule has 0 saturated heterocycles. The Morgan fingerprint density at radius 2 is 1.70 bits per heavy atom. The molecule has 1 N–H and O–H groups in total. The third kappa shape index (κ3) is 2.34. The zero-order valence-electron chi connectivity index (χ0n) is 12.0. The first-order chi connectivity index (χ1) is 9.79. The van der Waals surface area contributed by atoms with Gasteiger partial charge >= 0.3 is 0 Å². The lowest BCUT2D eigenvalue weighted by Crippen LogP contribution is -2.12. The van der Waals surface area contributed by atoms with E-state index in [0.29, 0.717) is 11.8 Å². The number of aromatic amines is 1. The quantitative estimate of drug-likeness (QED) is 0.724. The van der Waals surface area contributed by atoms with Crippen molar-refractivity contribution in [3.05, 3.63) is 66.0 Å². The zero-order valence-corrected chi connectivity index (χ0v) is 12.0. The number of fused-ring (bicyclic) bond motifs is 1. The molecule has 0 aliphatic carbocycles. The third-order valence-corrected chi connectivity index (χ3v) is 4.07. The van der Waals surface area contributed by atoms with E-state index < -0.39 is 0 Å². The van der Waals surface area contributed by atoms with Gasteiger partial charge in [0.1, 0.15) is 5.82 Å². The first-order valence-corrected chi connectivity index (χ1v) is 7.29. The molecule has 102 valence electrons. The molecule has 2 heteroatoms. The van der Waals surface area contributed by atoms with Gasteiger partial charge in [0.05, 0.1) is 11.0 Å². The third-order valence-electron chi connectivity index (χ3n) is 4.07. The van der Waals surface area contributed by atoms with Crippen LogP contribution in [0.25, 0.3) is 11.0 Å². The molecule has 0 saturated carbocycles. The van der Waals surface area contributed by atoms with Crippen LogP contribution in [0.3, 0.4) is 0 Å². The summed E-state index contributed by atoms with van der Waals surface area (Å²) in [6.07, 6.45) is 1.14. The number of aromatic nitrogens is 2. The molecule has 20 heavy (non-hydrogen) atoms. The summed E-state index contributed by atoms with van der Waals surface area (Å²) in [5, 5.41) is 0. The van der Waals surface area contributed by atoms with Crippen LogP contribution in [0.1, 0.15) is 37.6 Å². The molecule has 0 spiro atoms. The fourth-order valence-corrected chi connectivity index (χ4v) is 2.77. The summed E-state index contributed by atoms with van der Waals surface area (Å²) in [6, 6.07) is 18.9. The number of hydrogen-bond acceptors (Lipinski definition) is 1. The average molecular weight is 264 g/mol. The largest absolute Gasteiger partial charge is 0.341 e. The lowest BCUT2D eigenvalue weighted by molar-refractivity contribution is 0.482. The van der Waals surface area contributed by atoms with Crippen molar-refractivity contribution in [1.29, 1.82) is 0 Å². The molecule has 2 atom stereocenters. The van der Waals surface area contributed by atoms with Crippen molar-refractivity contribution in [3.8, 4) is 0 Å². The van der Waals surface area contributed by atoms with Crippen LogP contribution in [0.4, 0.5) is 0 Å². The number of rotatable bonds is 4. The van der Waals surface area contributed by atoms with Gasteiger partial charge < -0.3 is 4.98 Å². The minimum atomic E-state index is 0.327. The Balaban J connectivity index is 2.09. The molecule has 2 unspecified atom stereocenters. The second-order valence-electron chi connectivity index (χ2n) is 5.41. The van der Waals surface area contributed by atoms with Gasteiger partial charge in [0.25, 0.3) is 0 Å². The van der Waals surface area contributed by atoms with E-state index in [2.05, 4.69) is 61.3 Å². The van der Waals surface area contributed by atoms with Crippen molar-refractivity contribution in [2.45, 2.75) is 26.2 Å². The SMILES string of the molecule is CCC(C)C(c1ccccc1)c1nc2ccccc2[nH]1. The summed E-state index contributed by atoms with van der Waals surface area (Å²) in [7, 11) is 0. The number of para-hydroxylation sites is 2. The van der Waals surface area contributed by atoms with Gasteiger partial charge in [-0.1, -0.05) is 62.7 Å². The van der Waals surface area contributed by atoms with Crippen molar-refractivity contribution in [2.24, 2.45) is 5.92 Å². The monoisotopic (exact) mass is 264 g/mol. The Bertz CT molecular complexity index is 652. The van der Waals surface area contributed by atoms with Crippen molar-refractivity contribution in [3.63, 3.8) is 0 Å². The average Bonchev–Trinajstić information content (AvgIpc) is 2.91. The number of hydrogen-bond donors (Lipinski definition) is 1. The predicted octanol–water partition coefficient (Wildman–Crippen LogP) is 4.74. The lowest BCUT2D eigenvalue weighted by Gasteiger charge is -2.21. The van der Waals surface area contributed by atoms with E-state index >= 15 is 0 Å². The fourth-order valence-electron chi connectivity index (χ4n) is 2.77. The van der Waals surface area contributed by atoms with Gasteiger partial charge in [0, 0.05) is 5.92 Å². The minimum absolute atomic E-state index is 0.327. The van der Waals surface area contributed by atoms with Crippen molar-refractivity contribution in [2.75, 3.05) is 0 Å². The first-order valence-electron chi connectivity index (χ1n) is 7.29. The maximum Gasteiger partial charge on any atom is 0.115 e. The van der Waals surface area contributed by atoms with Gasteiger partial charge in [-0.15, -0.1) is 0 Å². The van der Waals surface area contributed by atoms with Crippen molar-refractivity contribution >= 4 is 11.0 Å². The first kappa shape index (κ1) is 12.9. The van der Waals surface area contributed by atoms with Crippen molar-refractivity contribution < 1.29 is 0 Å². The number of nitrogens with one attached hydrogen (secondary N) is 1. The van der Waals surface area contributed by atoms with Crippen LogP contribution in [0.15, 0.2) is 54.6 Å². The number of nitrogens with zero attached hydrogens (tertiary/aromatic N) is 1. The smallest absolute Gasteiger partial charge is 0.115 e. The van der Waals surface area contributed by atoms with Gasteiger partial charge in [-0.2, -0.15) is 0 Å². The van der Waals surface area contributed by atoms with Crippen molar-refractivity contribution in [1.82, 2.24) is 9.97 Å². The summed E-state index contributed by atoms with van der Waals surface area (Å²) in [6.45, 7) is 4.54. The van der Waals surface area contributed by atoms with E-state index in [1.165, 1.54) is 5.56 Å². The molecule has 1 aromatic heterocycles. The van der Waals surface area contributed by atoms with E-state index in [0.717, 1.165) is 23.3 Å². The van der Waals surface area contributed by atoms with Crippen LogP contribution in [-0.4, -0.2) is 9.97 Å². The van der Waals surface area contributed by atoms with Crippen LogP contribution in [-0.2, 0) is 0 Å². The molecule has 0 fully saturated rings. The molecular formula is C18H20N2.